The fourth-order valence-corrected chi connectivity index (χ4v) is 5.81. The van der Waals surface area contributed by atoms with Crippen molar-refractivity contribution in [3.63, 3.8) is 0 Å². The molecule has 6 nitrogen and oxygen atoms in total. The fraction of sp³-hybridized carbons (Fsp3) is 0.444. The third-order valence-corrected chi connectivity index (χ3v) is 7.74. The number of carbonyl (C=O) groups excluding carboxylic acids is 1. The number of aryl methyl sites for hydroxylation is 1. The molecule has 7 heteroatoms. The van der Waals surface area contributed by atoms with E-state index >= 15 is 0 Å². The number of amides is 1. The summed E-state index contributed by atoms with van der Waals surface area (Å²) < 4.78 is 2.34. The van der Waals surface area contributed by atoms with E-state index in [1.807, 2.05) is 12.1 Å². The predicted molar refractivity (Wildman–Crippen MR) is 138 cm³/mol. The Morgan fingerprint density at radius 2 is 1.82 bits per heavy atom. The first kappa shape index (κ1) is 23.0. The number of benzene rings is 2. The molecule has 1 amide bonds. The number of nitrogens with one attached hydrogen (secondary N) is 1. The molecule has 0 radical (unpaired) electrons. The van der Waals surface area contributed by atoms with E-state index in [1.54, 1.807) is 11.8 Å². The maximum absolute atomic E-state index is 12.7. The van der Waals surface area contributed by atoms with Crippen LogP contribution in [0, 0.1) is 0 Å². The maximum atomic E-state index is 12.7. The zero-order valence-electron chi connectivity index (χ0n) is 19.9. The molecule has 178 valence electrons. The number of rotatable bonds is 8. The van der Waals surface area contributed by atoms with Crippen LogP contribution in [0.3, 0.4) is 0 Å². The monoisotopic (exact) mass is 475 g/mol. The van der Waals surface area contributed by atoms with E-state index in [9.17, 15) is 4.79 Å². The van der Waals surface area contributed by atoms with Gasteiger partial charge in [0.05, 0.1) is 0 Å². The molecule has 34 heavy (non-hydrogen) atoms. The van der Waals surface area contributed by atoms with E-state index in [0.717, 1.165) is 43.3 Å². The number of carbonyl (C=O) groups is 1. The minimum Gasteiger partial charge on any atom is -0.367 e. The summed E-state index contributed by atoms with van der Waals surface area (Å²) in [6.07, 6.45) is 9.83. The molecule has 1 aliphatic heterocycles. The summed E-state index contributed by atoms with van der Waals surface area (Å²) >= 11 is 1.67. The van der Waals surface area contributed by atoms with Crippen LogP contribution in [0.5, 0.6) is 0 Å². The highest BCUT2D eigenvalue weighted by Crippen LogP contribution is 2.33. The SMILES string of the molecule is CSc1nnc(CCCNC(=O)c2ccc(N3CCc4ccccc4C3)cc2)n1C1CCCC1. The second-order valence-electron chi connectivity index (χ2n) is 9.26. The van der Waals surface area contributed by atoms with Crippen LogP contribution in [0.15, 0.2) is 53.7 Å². The van der Waals surface area contributed by atoms with Gasteiger partial charge in [0.2, 0.25) is 0 Å². The van der Waals surface area contributed by atoms with Gasteiger partial charge in [-0.25, -0.2) is 0 Å². The van der Waals surface area contributed by atoms with Crippen molar-refractivity contribution < 1.29 is 4.79 Å². The van der Waals surface area contributed by atoms with Crippen LogP contribution >= 0.6 is 11.8 Å². The summed E-state index contributed by atoms with van der Waals surface area (Å²) in [4.78, 5) is 15.1. The average Bonchev–Trinajstić information content (AvgIpc) is 3.56. The smallest absolute Gasteiger partial charge is 0.251 e. The fourth-order valence-electron chi connectivity index (χ4n) is 5.24. The largest absolute Gasteiger partial charge is 0.367 e. The summed E-state index contributed by atoms with van der Waals surface area (Å²) in [5, 5.41) is 12.9. The van der Waals surface area contributed by atoms with Gasteiger partial charge in [-0.1, -0.05) is 48.9 Å². The number of hydrogen-bond donors (Lipinski definition) is 1. The van der Waals surface area contributed by atoms with E-state index in [4.69, 9.17) is 0 Å². The van der Waals surface area contributed by atoms with E-state index in [2.05, 4.69) is 67.6 Å². The lowest BCUT2D eigenvalue weighted by Gasteiger charge is -2.30. The molecule has 0 bridgehead atoms. The van der Waals surface area contributed by atoms with Gasteiger partial charge in [-0.15, -0.1) is 10.2 Å². The average molecular weight is 476 g/mol. The predicted octanol–water partition coefficient (Wildman–Crippen LogP) is 5.04. The van der Waals surface area contributed by atoms with E-state index in [0.29, 0.717) is 18.2 Å². The highest BCUT2D eigenvalue weighted by molar-refractivity contribution is 7.98. The van der Waals surface area contributed by atoms with Crippen LogP contribution in [0.1, 0.15) is 65.5 Å². The van der Waals surface area contributed by atoms with Crippen LogP contribution in [0.25, 0.3) is 0 Å². The van der Waals surface area contributed by atoms with Crippen LogP contribution in [-0.4, -0.2) is 40.0 Å². The number of nitrogens with zero attached hydrogens (tertiary/aromatic N) is 4. The first-order chi connectivity index (χ1) is 16.7. The molecular formula is C27H33N5OS. The molecule has 2 aliphatic rings. The minimum atomic E-state index is -0.0161. The van der Waals surface area contributed by atoms with Gasteiger partial charge in [-0.05, 0) is 67.3 Å². The number of anilines is 1. The van der Waals surface area contributed by atoms with E-state index in [-0.39, 0.29) is 5.91 Å². The van der Waals surface area contributed by atoms with Gasteiger partial charge >= 0.3 is 0 Å². The Morgan fingerprint density at radius 1 is 1.06 bits per heavy atom. The second-order valence-corrected chi connectivity index (χ2v) is 10.0. The number of fused-ring (bicyclic) bond motifs is 1. The Hall–Kier alpha value is -2.80. The number of aromatic nitrogens is 3. The second kappa shape index (κ2) is 10.6. The van der Waals surface area contributed by atoms with Gasteiger partial charge in [0.1, 0.15) is 5.82 Å². The van der Waals surface area contributed by atoms with E-state index < -0.39 is 0 Å². The molecule has 0 unspecified atom stereocenters. The quantitative estimate of drug-likeness (QED) is 0.365. The van der Waals surface area contributed by atoms with Crippen molar-refractivity contribution in [1.82, 2.24) is 20.1 Å². The van der Waals surface area contributed by atoms with Crippen molar-refractivity contribution in [1.29, 1.82) is 0 Å². The van der Waals surface area contributed by atoms with Crippen molar-refractivity contribution in [2.24, 2.45) is 0 Å². The lowest BCUT2D eigenvalue weighted by atomic mass is 9.99. The molecule has 0 saturated heterocycles. The Labute approximate surface area is 206 Å². The molecule has 1 fully saturated rings. The van der Waals surface area contributed by atoms with Gasteiger partial charge in [-0.3, -0.25) is 4.79 Å². The summed E-state index contributed by atoms with van der Waals surface area (Å²) in [6.45, 7) is 2.56. The highest BCUT2D eigenvalue weighted by Gasteiger charge is 2.23. The van der Waals surface area contributed by atoms with Crippen molar-refractivity contribution in [2.45, 2.75) is 62.7 Å². The van der Waals surface area contributed by atoms with Crippen LogP contribution < -0.4 is 10.2 Å². The van der Waals surface area contributed by atoms with Crippen molar-refractivity contribution in [2.75, 3.05) is 24.2 Å². The van der Waals surface area contributed by atoms with Crippen molar-refractivity contribution in [3.05, 3.63) is 71.0 Å². The molecule has 1 saturated carbocycles. The third kappa shape index (κ3) is 4.99. The Balaban J connectivity index is 1.12. The molecule has 1 N–H and O–H groups in total. The maximum Gasteiger partial charge on any atom is 0.251 e. The Morgan fingerprint density at radius 3 is 2.59 bits per heavy atom. The summed E-state index contributed by atoms with van der Waals surface area (Å²) in [6, 6.07) is 17.2. The van der Waals surface area contributed by atoms with Crippen LogP contribution in [0.2, 0.25) is 0 Å². The molecule has 1 aliphatic carbocycles. The van der Waals surface area contributed by atoms with Gasteiger partial charge in [0.25, 0.3) is 5.91 Å². The Kier molecular flexibility index (Phi) is 7.19. The normalized spacial score (nSPS) is 16.0. The van der Waals surface area contributed by atoms with E-state index in [1.165, 1.54) is 42.5 Å². The molecule has 5 rings (SSSR count). The zero-order valence-corrected chi connectivity index (χ0v) is 20.7. The van der Waals surface area contributed by atoms with Gasteiger partial charge in [-0.2, -0.15) is 0 Å². The third-order valence-electron chi connectivity index (χ3n) is 7.10. The Bertz CT molecular complexity index is 1120. The summed E-state index contributed by atoms with van der Waals surface area (Å²) in [7, 11) is 0. The molecule has 0 spiro atoms. The molecule has 1 aromatic heterocycles. The molecule has 2 aromatic carbocycles. The van der Waals surface area contributed by atoms with Crippen LogP contribution in [-0.2, 0) is 19.4 Å². The number of hydrogen-bond acceptors (Lipinski definition) is 5. The first-order valence-electron chi connectivity index (χ1n) is 12.4. The van der Waals surface area contributed by atoms with Gasteiger partial charge in [0, 0.05) is 43.3 Å². The lowest BCUT2D eigenvalue weighted by molar-refractivity contribution is 0.0953. The standard InChI is InChI=1S/C27H33N5OS/c1-34-27-30-29-25(32(27)24-9-4-5-10-24)11-6-17-28-26(33)21-12-14-23(15-13-21)31-18-16-20-7-2-3-8-22(20)19-31/h2-3,7-8,12-15,24H,4-6,9-11,16-19H2,1H3,(H,28,33). The minimum absolute atomic E-state index is 0.0161. The zero-order chi connectivity index (χ0) is 23.3. The summed E-state index contributed by atoms with van der Waals surface area (Å²) in [5.74, 6) is 1.04. The molecule has 2 heterocycles. The first-order valence-corrected chi connectivity index (χ1v) is 13.6. The molecule has 3 aromatic rings. The van der Waals surface area contributed by atoms with Crippen LogP contribution in [0.4, 0.5) is 5.69 Å². The number of thioether (sulfide) groups is 1. The van der Waals surface area contributed by atoms with Gasteiger partial charge < -0.3 is 14.8 Å². The lowest BCUT2D eigenvalue weighted by Crippen LogP contribution is -2.30. The highest BCUT2D eigenvalue weighted by atomic mass is 32.2. The van der Waals surface area contributed by atoms with Crippen molar-refractivity contribution >= 4 is 23.4 Å². The topological polar surface area (TPSA) is 63.1 Å². The molecule has 0 atom stereocenters. The summed E-state index contributed by atoms with van der Waals surface area (Å²) in [5.41, 5.74) is 4.71. The van der Waals surface area contributed by atoms with Gasteiger partial charge in [0.15, 0.2) is 5.16 Å². The van der Waals surface area contributed by atoms with Crippen molar-refractivity contribution in [3.8, 4) is 0 Å². The molecular weight excluding hydrogens is 442 g/mol.